The molecule has 3 saturated carbocycles. The summed E-state index contributed by atoms with van der Waals surface area (Å²) >= 11 is 0. The van der Waals surface area contributed by atoms with E-state index in [4.69, 9.17) is 0 Å². The van der Waals surface area contributed by atoms with Crippen molar-refractivity contribution in [2.24, 2.45) is 61.6 Å². The lowest BCUT2D eigenvalue weighted by Crippen LogP contribution is -2.51. The first-order chi connectivity index (χ1) is 15.6. The Hall–Kier alpha value is 0. The molecule has 0 aromatic heterocycles. The summed E-state index contributed by atoms with van der Waals surface area (Å²) in [6.45, 7) is 42.9. The summed E-state index contributed by atoms with van der Waals surface area (Å²) in [6.07, 6.45) is 10.1. The van der Waals surface area contributed by atoms with Gasteiger partial charge in [0.15, 0.2) is 0 Å². The molecule has 2 unspecified atom stereocenters. The molecule has 3 aliphatic carbocycles. The van der Waals surface area contributed by atoms with Crippen LogP contribution in [0.5, 0.6) is 0 Å². The molecular weight excluding hydrogens is 432 g/mol. The van der Waals surface area contributed by atoms with Crippen molar-refractivity contribution in [1.82, 2.24) is 0 Å². The maximum absolute atomic E-state index is 2.40. The zero-order valence-electron chi connectivity index (χ0n) is 28.8. The van der Waals surface area contributed by atoms with Crippen LogP contribution in [0.15, 0.2) is 0 Å². The van der Waals surface area contributed by atoms with Gasteiger partial charge >= 0.3 is 0 Å². The predicted molar refractivity (Wildman–Crippen MR) is 165 cm³/mol. The molecule has 0 saturated heterocycles. The van der Waals surface area contributed by atoms with E-state index in [2.05, 4.69) is 125 Å². The molecule has 0 nitrogen and oxygen atoms in total. The lowest BCUT2D eigenvalue weighted by Gasteiger charge is -2.60. The van der Waals surface area contributed by atoms with Crippen LogP contribution in [0.3, 0.4) is 0 Å². The Morgan fingerprint density at radius 3 is 0.778 bits per heavy atom. The van der Waals surface area contributed by atoms with Crippen LogP contribution in [0.2, 0.25) is 0 Å². The fourth-order valence-corrected chi connectivity index (χ4v) is 7.76. The zero-order valence-corrected chi connectivity index (χ0v) is 28.8. The lowest BCUT2D eigenvalue weighted by atomic mass is 9.45. The van der Waals surface area contributed by atoms with Gasteiger partial charge in [0.25, 0.3) is 0 Å². The van der Waals surface area contributed by atoms with Gasteiger partial charge in [-0.05, 0) is 100 Å². The minimum absolute atomic E-state index is 0.476. The van der Waals surface area contributed by atoms with E-state index in [-0.39, 0.29) is 0 Å². The second-order valence-electron chi connectivity index (χ2n) is 19.6. The Morgan fingerprint density at radius 1 is 0.417 bits per heavy atom. The average molecular weight is 505 g/mol. The molecular formula is C36H72. The first-order valence-electron chi connectivity index (χ1n) is 15.6. The van der Waals surface area contributed by atoms with Crippen molar-refractivity contribution in [1.29, 1.82) is 0 Å². The van der Waals surface area contributed by atoms with Gasteiger partial charge in [0, 0.05) is 0 Å². The Bertz CT molecular complexity index is 600. The van der Waals surface area contributed by atoms with Crippen molar-refractivity contribution in [2.75, 3.05) is 0 Å². The van der Waals surface area contributed by atoms with E-state index >= 15 is 0 Å². The van der Waals surface area contributed by atoms with Crippen molar-refractivity contribution < 1.29 is 0 Å². The summed E-state index contributed by atoms with van der Waals surface area (Å²) < 4.78 is 0. The largest absolute Gasteiger partial charge is 0.0599 e. The highest BCUT2D eigenvalue weighted by molar-refractivity contribution is 5.03. The summed E-state index contributed by atoms with van der Waals surface area (Å²) in [5.74, 6) is 3.86. The molecule has 0 heterocycles. The molecule has 216 valence electrons. The van der Waals surface area contributed by atoms with E-state index in [1.165, 1.54) is 44.9 Å². The van der Waals surface area contributed by atoms with Crippen molar-refractivity contribution in [3.8, 4) is 0 Å². The molecule has 0 bridgehead atoms. The van der Waals surface area contributed by atoms with Crippen molar-refractivity contribution in [2.45, 2.75) is 170 Å². The van der Waals surface area contributed by atoms with Crippen molar-refractivity contribution in [3.05, 3.63) is 0 Å². The minimum atomic E-state index is 0.476. The van der Waals surface area contributed by atoms with Crippen LogP contribution in [0.1, 0.15) is 170 Å². The molecule has 0 N–H and O–H groups in total. The standard InChI is InChI=1S/3C12H24/c1-11(2,3)9-7-10(8-9)12(4,5)6;1-11(2,3)9-7-8-10(9)12(4,5)6;1-10(2,3)12(8-7-9-12)11(4,5)6/h2*9-10H,7-8H2,1-6H3;7-9H2,1-6H3. The van der Waals surface area contributed by atoms with Crippen LogP contribution in [-0.4, -0.2) is 0 Å². The van der Waals surface area contributed by atoms with Gasteiger partial charge in [-0.2, -0.15) is 0 Å². The first-order valence-corrected chi connectivity index (χ1v) is 15.6. The summed E-state index contributed by atoms with van der Waals surface area (Å²) in [5, 5.41) is 0. The maximum Gasteiger partial charge on any atom is -0.0200 e. The summed E-state index contributed by atoms with van der Waals surface area (Å²) in [7, 11) is 0. The molecule has 3 rings (SSSR count). The second-order valence-corrected chi connectivity index (χ2v) is 19.6. The lowest BCUT2D eigenvalue weighted by molar-refractivity contribution is -0.100. The molecule has 36 heavy (non-hydrogen) atoms. The van der Waals surface area contributed by atoms with Gasteiger partial charge in [0.2, 0.25) is 0 Å². The van der Waals surface area contributed by atoms with E-state index in [0.29, 0.717) is 37.9 Å². The fraction of sp³-hybridized carbons (Fsp3) is 1.00. The Labute approximate surface area is 231 Å². The number of hydrogen-bond donors (Lipinski definition) is 0. The quantitative estimate of drug-likeness (QED) is 0.307. The Balaban J connectivity index is 0.000000270. The Kier molecular flexibility index (Phi) is 10.3. The third-order valence-electron chi connectivity index (χ3n) is 11.2. The van der Waals surface area contributed by atoms with Gasteiger partial charge in [-0.3, -0.25) is 0 Å². The molecule has 0 aromatic carbocycles. The summed E-state index contributed by atoms with van der Waals surface area (Å²) in [4.78, 5) is 0. The first kappa shape index (κ1) is 34.0. The fourth-order valence-electron chi connectivity index (χ4n) is 7.76. The highest BCUT2D eigenvalue weighted by Crippen LogP contribution is 2.63. The van der Waals surface area contributed by atoms with E-state index in [9.17, 15) is 0 Å². The number of hydrogen-bond acceptors (Lipinski definition) is 0. The third-order valence-corrected chi connectivity index (χ3v) is 11.2. The average Bonchev–Trinajstić information content (AvgIpc) is 2.31. The van der Waals surface area contributed by atoms with Gasteiger partial charge in [0.1, 0.15) is 0 Å². The van der Waals surface area contributed by atoms with E-state index in [1.807, 2.05) is 0 Å². The van der Waals surface area contributed by atoms with Gasteiger partial charge in [-0.1, -0.05) is 131 Å². The van der Waals surface area contributed by atoms with Gasteiger partial charge in [-0.15, -0.1) is 0 Å². The third kappa shape index (κ3) is 8.25. The molecule has 0 aliphatic heterocycles. The van der Waals surface area contributed by atoms with Gasteiger partial charge in [0.05, 0.1) is 0 Å². The molecule has 0 aromatic rings. The van der Waals surface area contributed by atoms with Crippen molar-refractivity contribution >= 4 is 0 Å². The van der Waals surface area contributed by atoms with Crippen LogP contribution in [-0.2, 0) is 0 Å². The molecule has 0 amide bonds. The summed E-state index contributed by atoms with van der Waals surface area (Å²) in [5.41, 5.74) is 3.68. The van der Waals surface area contributed by atoms with Crippen LogP contribution in [0.4, 0.5) is 0 Å². The molecule has 3 aliphatic rings. The van der Waals surface area contributed by atoms with Gasteiger partial charge < -0.3 is 0 Å². The smallest absolute Gasteiger partial charge is 0.0200 e. The number of rotatable bonds is 0. The van der Waals surface area contributed by atoms with E-state index in [1.54, 1.807) is 0 Å². The SMILES string of the molecule is CC(C)(C)C1(C(C)(C)C)CCC1.CC(C)(C)C1CC(C(C)(C)C)C1.CC(C)(C)C1CCC1C(C)(C)C. The molecule has 0 radical (unpaired) electrons. The van der Waals surface area contributed by atoms with E-state index in [0.717, 1.165) is 23.7 Å². The maximum atomic E-state index is 2.40. The topological polar surface area (TPSA) is 0 Å². The Morgan fingerprint density at radius 2 is 0.694 bits per heavy atom. The molecule has 0 heteroatoms. The van der Waals surface area contributed by atoms with Crippen LogP contribution < -0.4 is 0 Å². The monoisotopic (exact) mass is 505 g/mol. The zero-order chi connectivity index (χ0) is 28.8. The molecule has 3 fully saturated rings. The van der Waals surface area contributed by atoms with Crippen LogP contribution >= 0.6 is 0 Å². The minimum Gasteiger partial charge on any atom is -0.0599 e. The normalized spacial score (nSPS) is 28.8. The van der Waals surface area contributed by atoms with Crippen LogP contribution in [0, 0.1) is 61.6 Å². The van der Waals surface area contributed by atoms with E-state index < -0.39 is 0 Å². The molecule has 0 spiro atoms. The highest BCUT2D eigenvalue weighted by atomic mass is 14.6. The van der Waals surface area contributed by atoms with Gasteiger partial charge in [-0.25, -0.2) is 0 Å². The molecule has 2 atom stereocenters. The predicted octanol–water partition coefficient (Wildman–Crippen LogP) is 12.5. The summed E-state index contributed by atoms with van der Waals surface area (Å²) in [6, 6.07) is 0. The second kappa shape index (κ2) is 10.9. The van der Waals surface area contributed by atoms with Crippen LogP contribution in [0.25, 0.3) is 0 Å². The van der Waals surface area contributed by atoms with Crippen molar-refractivity contribution in [3.63, 3.8) is 0 Å². The highest BCUT2D eigenvalue weighted by Gasteiger charge is 2.53.